The fraction of sp³-hybridized carbons (Fsp3) is 0. The van der Waals surface area contributed by atoms with Crippen LogP contribution in [0, 0.1) is 0 Å². The number of anilines is 2. The predicted octanol–water partition coefficient (Wildman–Crippen LogP) is 4.83. The van der Waals surface area contributed by atoms with E-state index in [1.54, 1.807) is 18.2 Å². The molecule has 0 saturated heterocycles. The van der Waals surface area contributed by atoms with Gasteiger partial charge >= 0.3 is 0 Å². The molecule has 2 rings (SSSR count). The van der Waals surface area contributed by atoms with Crippen molar-refractivity contribution in [2.45, 2.75) is 0 Å². The van der Waals surface area contributed by atoms with Crippen molar-refractivity contribution in [3.63, 3.8) is 0 Å². The highest BCUT2D eigenvalue weighted by Crippen LogP contribution is 2.27. The average molecular weight is 309 g/mol. The third-order valence-electron chi connectivity index (χ3n) is 1.84. The van der Waals surface area contributed by atoms with Crippen molar-refractivity contribution >= 4 is 57.9 Å². The summed E-state index contributed by atoms with van der Waals surface area (Å²) in [6.45, 7) is 0. The van der Waals surface area contributed by atoms with Crippen LogP contribution < -0.4 is 5.32 Å². The summed E-state index contributed by atoms with van der Waals surface area (Å²) in [5, 5.41) is 4.43. The summed E-state index contributed by atoms with van der Waals surface area (Å²) in [5.74, 6) is 0.394. The molecule has 0 aliphatic rings. The first-order valence-corrected chi connectivity index (χ1v) is 5.97. The summed E-state index contributed by atoms with van der Waals surface area (Å²) in [6, 6.07) is 5.02. The quantitative estimate of drug-likeness (QED) is 0.807. The third kappa shape index (κ3) is 3.36. The fourth-order valence-electron chi connectivity index (χ4n) is 1.20. The molecule has 17 heavy (non-hydrogen) atoms. The highest BCUT2D eigenvalue weighted by atomic mass is 35.5. The van der Waals surface area contributed by atoms with Gasteiger partial charge in [0.1, 0.15) is 5.02 Å². The normalized spacial score (nSPS) is 10.4. The van der Waals surface area contributed by atoms with Crippen LogP contribution in [0.3, 0.4) is 0 Å². The molecular weight excluding hydrogens is 304 g/mol. The summed E-state index contributed by atoms with van der Waals surface area (Å²) in [4.78, 5) is 7.70. The van der Waals surface area contributed by atoms with Crippen molar-refractivity contribution < 1.29 is 0 Å². The smallest absolute Gasteiger partial charge is 0.224 e. The number of rotatable bonds is 2. The molecule has 1 N–H and O–H groups in total. The fourth-order valence-corrected chi connectivity index (χ4v) is 1.99. The van der Waals surface area contributed by atoms with Crippen LogP contribution in [0.25, 0.3) is 0 Å². The van der Waals surface area contributed by atoms with Gasteiger partial charge < -0.3 is 5.32 Å². The number of hydrogen-bond donors (Lipinski definition) is 1. The van der Waals surface area contributed by atoms with Crippen LogP contribution in [0.5, 0.6) is 0 Å². The van der Waals surface area contributed by atoms with E-state index < -0.39 is 0 Å². The molecule has 7 heteroatoms. The first-order chi connectivity index (χ1) is 8.04. The van der Waals surface area contributed by atoms with Crippen LogP contribution in [0.4, 0.5) is 11.5 Å². The predicted molar refractivity (Wildman–Crippen MR) is 71.8 cm³/mol. The lowest BCUT2D eigenvalue weighted by Crippen LogP contribution is -1.96. The van der Waals surface area contributed by atoms with Gasteiger partial charge in [-0.05, 0) is 29.8 Å². The molecule has 0 aliphatic carbocycles. The number of hydrogen-bond acceptors (Lipinski definition) is 3. The first kappa shape index (κ1) is 12.7. The van der Waals surface area contributed by atoms with E-state index in [4.69, 9.17) is 46.4 Å². The van der Waals surface area contributed by atoms with Crippen LogP contribution >= 0.6 is 46.4 Å². The molecule has 0 spiro atoms. The van der Waals surface area contributed by atoms with E-state index in [1.807, 2.05) is 0 Å². The summed E-state index contributed by atoms with van der Waals surface area (Å²) in [5.41, 5.74) is 0.666. The Labute approximate surface area is 118 Å². The van der Waals surface area contributed by atoms with Crippen LogP contribution in [-0.2, 0) is 0 Å². The lowest BCUT2D eigenvalue weighted by molar-refractivity contribution is 1.17. The van der Waals surface area contributed by atoms with Crippen molar-refractivity contribution in [3.05, 3.63) is 44.7 Å². The number of nitrogens with one attached hydrogen (secondary N) is 1. The average Bonchev–Trinajstić information content (AvgIpc) is 2.22. The van der Waals surface area contributed by atoms with Gasteiger partial charge in [-0.3, -0.25) is 0 Å². The van der Waals surface area contributed by atoms with Crippen LogP contribution in [0.2, 0.25) is 20.4 Å². The van der Waals surface area contributed by atoms with Gasteiger partial charge in [-0.25, -0.2) is 4.98 Å². The molecule has 1 heterocycles. The Hall–Kier alpha value is -0.740. The van der Waals surface area contributed by atoms with Gasteiger partial charge in [0.05, 0.1) is 6.20 Å². The minimum Gasteiger partial charge on any atom is -0.339 e. The van der Waals surface area contributed by atoms with Gasteiger partial charge in [-0.15, -0.1) is 0 Å². The summed E-state index contributed by atoms with van der Waals surface area (Å²) in [7, 11) is 0. The maximum atomic E-state index is 5.91. The number of benzene rings is 1. The Morgan fingerprint density at radius 1 is 0.941 bits per heavy atom. The minimum atomic E-state index is 0.102. The molecule has 0 unspecified atom stereocenters. The molecule has 1 aromatic carbocycles. The van der Waals surface area contributed by atoms with Crippen molar-refractivity contribution in [3.8, 4) is 0 Å². The molecule has 0 atom stereocenters. The van der Waals surface area contributed by atoms with E-state index in [9.17, 15) is 0 Å². The van der Waals surface area contributed by atoms with Gasteiger partial charge in [0.15, 0.2) is 5.82 Å². The van der Waals surface area contributed by atoms with Gasteiger partial charge in [0, 0.05) is 15.7 Å². The summed E-state index contributed by atoms with van der Waals surface area (Å²) >= 11 is 23.3. The second kappa shape index (κ2) is 5.27. The Balaban J connectivity index is 2.34. The van der Waals surface area contributed by atoms with E-state index in [0.29, 0.717) is 26.6 Å². The second-order valence-electron chi connectivity index (χ2n) is 3.12. The molecule has 0 bridgehead atoms. The zero-order valence-corrected chi connectivity index (χ0v) is 11.2. The Morgan fingerprint density at radius 2 is 1.59 bits per heavy atom. The van der Waals surface area contributed by atoms with Gasteiger partial charge in [-0.1, -0.05) is 34.8 Å². The molecule has 0 aliphatic heterocycles. The summed E-state index contributed by atoms with van der Waals surface area (Å²) in [6.07, 6.45) is 1.41. The molecule has 2 aromatic rings. The summed E-state index contributed by atoms with van der Waals surface area (Å²) < 4.78 is 0. The number of nitrogens with zero attached hydrogens (tertiary/aromatic N) is 2. The second-order valence-corrected chi connectivity index (χ2v) is 4.74. The Kier molecular flexibility index (Phi) is 3.94. The number of aromatic nitrogens is 2. The molecule has 0 saturated carbocycles. The third-order valence-corrected chi connectivity index (χ3v) is 2.74. The van der Waals surface area contributed by atoms with E-state index in [-0.39, 0.29) is 5.28 Å². The largest absolute Gasteiger partial charge is 0.339 e. The minimum absolute atomic E-state index is 0.102. The van der Waals surface area contributed by atoms with E-state index >= 15 is 0 Å². The maximum absolute atomic E-state index is 5.91. The monoisotopic (exact) mass is 307 g/mol. The van der Waals surface area contributed by atoms with Crippen molar-refractivity contribution in [1.29, 1.82) is 0 Å². The molecule has 88 valence electrons. The van der Waals surface area contributed by atoms with Crippen molar-refractivity contribution in [2.75, 3.05) is 5.32 Å². The molecule has 0 fully saturated rings. The Morgan fingerprint density at radius 3 is 2.24 bits per heavy atom. The molecule has 0 radical (unpaired) electrons. The molecule has 0 amide bonds. The van der Waals surface area contributed by atoms with Crippen molar-refractivity contribution in [1.82, 2.24) is 9.97 Å². The van der Waals surface area contributed by atoms with E-state index in [1.165, 1.54) is 6.20 Å². The van der Waals surface area contributed by atoms with Gasteiger partial charge in [0.25, 0.3) is 0 Å². The van der Waals surface area contributed by atoms with Crippen molar-refractivity contribution in [2.24, 2.45) is 0 Å². The highest BCUT2D eigenvalue weighted by Gasteiger charge is 2.05. The Bertz CT molecular complexity index is 539. The number of halogens is 4. The zero-order chi connectivity index (χ0) is 12.4. The van der Waals surface area contributed by atoms with Gasteiger partial charge in [0.2, 0.25) is 5.28 Å². The standard InChI is InChI=1S/C10H5Cl4N3/c11-5-1-6(12)3-7(2-5)16-9-8(13)4-15-10(14)17-9/h1-4H,(H,15,16,17). The lowest BCUT2D eigenvalue weighted by Gasteiger charge is -2.08. The topological polar surface area (TPSA) is 37.8 Å². The van der Waals surface area contributed by atoms with E-state index in [0.717, 1.165) is 0 Å². The van der Waals surface area contributed by atoms with Crippen LogP contribution in [0.15, 0.2) is 24.4 Å². The first-order valence-electron chi connectivity index (χ1n) is 4.46. The SMILES string of the molecule is Clc1cc(Cl)cc(Nc2nc(Cl)ncc2Cl)c1. The lowest BCUT2D eigenvalue weighted by atomic mass is 10.3. The zero-order valence-electron chi connectivity index (χ0n) is 8.22. The van der Waals surface area contributed by atoms with E-state index in [2.05, 4.69) is 15.3 Å². The van der Waals surface area contributed by atoms with Crippen LogP contribution in [0.1, 0.15) is 0 Å². The molecule has 1 aromatic heterocycles. The molecular formula is C10H5Cl4N3. The highest BCUT2D eigenvalue weighted by molar-refractivity contribution is 6.35. The van der Waals surface area contributed by atoms with Gasteiger partial charge in [-0.2, -0.15) is 4.98 Å². The molecule has 3 nitrogen and oxygen atoms in total. The van der Waals surface area contributed by atoms with Crippen LogP contribution in [-0.4, -0.2) is 9.97 Å². The maximum Gasteiger partial charge on any atom is 0.224 e.